The molecule has 2 heterocycles. The maximum Gasteiger partial charge on any atom is 0.149 e. The Hall–Kier alpha value is -1.10. The summed E-state index contributed by atoms with van der Waals surface area (Å²) in [6.07, 6.45) is 1.86. The van der Waals surface area contributed by atoms with Gasteiger partial charge in [-0.15, -0.1) is 11.3 Å². The third-order valence-electron chi connectivity index (χ3n) is 2.66. The van der Waals surface area contributed by atoms with Crippen molar-refractivity contribution in [2.45, 2.75) is 17.2 Å². The van der Waals surface area contributed by atoms with Gasteiger partial charge in [0.05, 0.1) is 0 Å². The molecule has 0 amide bonds. The summed E-state index contributed by atoms with van der Waals surface area (Å²) in [6, 6.07) is 14.7. The van der Waals surface area contributed by atoms with Crippen LogP contribution in [0.3, 0.4) is 0 Å². The number of thiophene rings is 1. The molecule has 0 spiro atoms. The number of aromatic nitrogens is 1. The lowest BCUT2D eigenvalue weighted by Crippen LogP contribution is -1.95. The van der Waals surface area contributed by atoms with Crippen LogP contribution in [0.5, 0.6) is 0 Å². The van der Waals surface area contributed by atoms with Crippen LogP contribution in [0, 0.1) is 0 Å². The predicted octanol–water partition coefficient (Wildman–Crippen LogP) is 5.79. The maximum absolute atomic E-state index is 4.26. The van der Waals surface area contributed by atoms with E-state index in [1.807, 2.05) is 46.2 Å². The highest BCUT2D eigenvalue weighted by Crippen LogP contribution is 2.26. The molecule has 2 aromatic heterocycles. The summed E-state index contributed by atoms with van der Waals surface area (Å²) < 4.78 is 1.16. The topological polar surface area (TPSA) is 12.9 Å². The van der Waals surface area contributed by atoms with Crippen molar-refractivity contribution in [2.75, 3.05) is 5.75 Å². The van der Waals surface area contributed by atoms with Gasteiger partial charge in [0.15, 0.2) is 0 Å². The minimum Gasteiger partial charge on any atom is -0.238 e. The smallest absolute Gasteiger partial charge is 0.149 e. The van der Waals surface area contributed by atoms with Crippen LogP contribution in [0.15, 0.2) is 69.1 Å². The fourth-order valence-electron chi connectivity index (χ4n) is 1.58. The van der Waals surface area contributed by atoms with Crippen LogP contribution in [-0.2, 0) is 0 Å². The monoisotopic (exact) mass is 319 g/mol. The fourth-order valence-corrected chi connectivity index (χ4v) is 3.76. The summed E-state index contributed by atoms with van der Waals surface area (Å²) in [4.78, 5) is 4.26. The van der Waals surface area contributed by atoms with Crippen LogP contribution < -0.4 is 0 Å². The Balaban J connectivity index is 0.000000247. The lowest BCUT2D eigenvalue weighted by molar-refractivity contribution is 0.880. The standard InChI is InChI=1S/C12H13NS2.C4H4S/c1-10(11-5-3-2-4-6-11)9-15-12-13-7-8-14-12;1-2-4-5-3-1/h2-8,10H,9H2,1H3;1-4H. The van der Waals surface area contributed by atoms with E-state index in [1.54, 1.807) is 22.7 Å². The van der Waals surface area contributed by atoms with Crippen LogP contribution in [0.2, 0.25) is 0 Å². The highest BCUT2D eigenvalue weighted by molar-refractivity contribution is 8.01. The molecule has 104 valence electrons. The Labute approximate surface area is 132 Å². The number of thioether (sulfide) groups is 1. The molecule has 4 heteroatoms. The molecule has 0 aliphatic rings. The molecular weight excluding hydrogens is 302 g/mol. The minimum absolute atomic E-state index is 0.583. The molecule has 0 aliphatic heterocycles. The average molecular weight is 320 g/mol. The SMILES string of the molecule is CC(CSc1nccs1)c1ccccc1.c1ccsc1. The zero-order valence-corrected chi connectivity index (χ0v) is 13.8. The van der Waals surface area contributed by atoms with Crippen molar-refractivity contribution in [3.63, 3.8) is 0 Å². The second-order valence-electron chi connectivity index (χ2n) is 4.21. The van der Waals surface area contributed by atoms with E-state index in [2.05, 4.69) is 42.2 Å². The van der Waals surface area contributed by atoms with Crippen LogP contribution in [-0.4, -0.2) is 10.7 Å². The molecule has 3 aromatic rings. The second kappa shape index (κ2) is 8.95. The Morgan fingerprint density at radius 3 is 2.35 bits per heavy atom. The Morgan fingerprint density at radius 1 is 1.05 bits per heavy atom. The van der Waals surface area contributed by atoms with Gasteiger partial charge in [-0.1, -0.05) is 61.2 Å². The summed E-state index contributed by atoms with van der Waals surface area (Å²) in [5.74, 6) is 1.68. The fraction of sp³-hybridized carbons (Fsp3) is 0.188. The quantitative estimate of drug-likeness (QED) is 0.565. The molecule has 1 nitrogen and oxygen atoms in total. The average Bonchev–Trinajstić information content (AvgIpc) is 3.21. The summed E-state index contributed by atoms with van der Waals surface area (Å²) in [6.45, 7) is 2.26. The van der Waals surface area contributed by atoms with Gasteiger partial charge < -0.3 is 0 Å². The molecule has 20 heavy (non-hydrogen) atoms. The van der Waals surface area contributed by atoms with Crippen molar-refractivity contribution in [1.29, 1.82) is 0 Å². The van der Waals surface area contributed by atoms with Gasteiger partial charge in [0, 0.05) is 17.3 Å². The van der Waals surface area contributed by atoms with Crippen molar-refractivity contribution in [3.8, 4) is 0 Å². The number of hydrogen-bond donors (Lipinski definition) is 0. The number of thiazole rings is 1. The zero-order valence-electron chi connectivity index (χ0n) is 11.3. The predicted molar refractivity (Wildman–Crippen MR) is 92.0 cm³/mol. The minimum atomic E-state index is 0.583. The first-order chi connectivity index (χ1) is 9.86. The number of rotatable bonds is 4. The maximum atomic E-state index is 4.26. The third-order valence-corrected chi connectivity index (χ3v) is 5.52. The zero-order chi connectivity index (χ0) is 14.0. The van der Waals surface area contributed by atoms with Crippen molar-refractivity contribution in [2.24, 2.45) is 0 Å². The van der Waals surface area contributed by atoms with Gasteiger partial charge in [-0.05, 0) is 22.2 Å². The molecule has 1 aromatic carbocycles. The van der Waals surface area contributed by atoms with E-state index in [4.69, 9.17) is 0 Å². The van der Waals surface area contributed by atoms with Gasteiger partial charge in [0.2, 0.25) is 0 Å². The van der Waals surface area contributed by atoms with E-state index in [0.717, 1.165) is 10.1 Å². The molecule has 0 fully saturated rings. The summed E-state index contributed by atoms with van der Waals surface area (Å²) in [7, 11) is 0. The molecule has 0 saturated carbocycles. The molecule has 0 N–H and O–H groups in total. The summed E-state index contributed by atoms with van der Waals surface area (Å²) in [5.41, 5.74) is 1.40. The molecule has 0 radical (unpaired) electrons. The van der Waals surface area contributed by atoms with Crippen molar-refractivity contribution in [3.05, 3.63) is 70.4 Å². The molecule has 0 saturated heterocycles. The van der Waals surface area contributed by atoms with E-state index in [9.17, 15) is 0 Å². The van der Waals surface area contributed by atoms with E-state index in [-0.39, 0.29) is 0 Å². The molecule has 1 unspecified atom stereocenters. The lowest BCUT2D eigenvalue weighted by Gasteiger charge is -2.09. The summed E-state index contributed by atoms with van der Waals surface area (Å²) in [5, 5.41) is 6.11. The van der Waals surface area contributed by atoms with Crippen molar-refractivity contribution >= 4 is 34.4 Å². The van der Waals surface area contributed by atoms with Crippen molar-refractivity contribution < 1.29 is 0 Å². The highest BCUT2D eigenvalue weighted by atomic mass is 32.2. The first-order valence-corrected chi connectivity index (χ1v) is 9.21. The van der Waals surface area contributed by atoms with Gasteiger partial charge in [-0.25, -0.2) is 4.98 Å². The largest absolute Gasteiger partial charge is 0.238 e. The molecule has 3 rings (SSSR count). The van der Waals surface area contributed by atoms with E-state index in [1.165, 1.54) is 5.56 Å². The van der Waals surface area contributed by atoms with E-state index < -0.39 is 0 Å². The van der Waals surface area contributed by atoms with E-state index >= 15 is 0 Å². The van der Waals surface area contributed by atoms with Gasteiger partial charge in [-0.3, -0.25) is 0 Å². The van der Waals surface area contributed by atoms with Crippen LogP contribution in [0.25, 0.3) is 0 Å². The third kappa shape index (κ3) is 5.49. The summed E-state index contributed by atoms with van der Waals surface area (Å²) >= 11 is 5.26. The normalized spacial score (nSPS) is 11.4. The highest BCUT2D eigenvalue weighted by Gasteiger charge is 2.06. The molecule has 0 aliphatic carbocycles. The van der Waals surface area contributed by atoms with E-state index in [0.29, 0.717) is 5.92 Å². The first kappa shape index (κ1) is 15.3. The Bertz CT molecular complexity index is 529. The molecular formula is C16H17NS3. The van der Waals surface area contributed by atoms with Gasteiger partial charge >= 0.3 is 0 Å². The number of nitrogens with zero attached hydrogens (tertiary/aromatic N) is 1. The number of hydrogen-bond acceptors (Lipinski definition) is 4. The van der Waals surface area contributed by atoms with Crippen LogP contribution >= 0.6 is 34.4 Å². The van der Waals surface area contributed by atoms with Crippen LogP contribution in [0.1, 0.15) is 18.4 Å². The molecule has 0 bridgehead atoms. The first-order valence-electron chi connectivity index (χ1n) is 6.40. The second-order valence-corrected chi connectivity index (χ2v) is 7.19. The van der Waals surface area contributed by atoms with Gasteiger partial charge in [0.1, 0.15) is 4.34 Å². The Morgan fingerprint density at radius 2 is 1.80 bits per heavy atom. The van der Waals surface area contributed by atoms with Crippen LogP contribution in [0.4, 0.5) is 0 Å². The number of benzene rings is 1. The van der Waals surface area contributed by atoms with Gasteiger partial charge in [-0.2, -0.15) is 11.3 Å². The van der Waals surface area contributed by atoms with Gasteiger partial charge in [0.25, 0.3) is 0 Å². The molecule has 1 atom stereocenters. The lowest BCUT2D eigenvalue weighted by atomic mass is 10.0. The van der Waals surface area contributed by atoms with Crippen molar-refractivity contribution in [1.82, 2.24) is 4.98 Å². The Kier molecular flexibility index (Phi) is 6.84.